The summed E-state index contributed by atoms with van der Waals surface area (Å²) in [5.41, 5.74) is 8.40. The number of nitrogens with two attached hydrogens (primary N) is 1. The molecule has 1 aromatic rings. The van der Waals surface area contributed by atoms with Crippen LogP contribution in [0.25, 0.3) is 0 Å². The van der Waals surface area contributed by atoms with Crippen molar-refractivity contribution in [2.75, 3.05) is 38.7 Å². The van der Waals surface area contributed by atoms with Gasteiger partial charge in [0.1, 0.15) is 0 Å². The lowest BCUT2D eigenvalue weighted by molar-refractivity contribution is 0.143. The molecule has 0 spiro atoms. The number of aliphatic imine (C=N–C) groups is 1. The van der Waals surface area contributed by atoms with E-state index in [9.17, 15) is 0 Å². The van der Waals surface area contributed by atoms with Gasteiger partial charge in [-0.3, -0.25) is 9.89 Å². The highest BCUT2D eigenvalue weighted by atomic mass is 16.5. The van der Waals surface area contributed by atoms with Gasteiger partial charge < -0.3 is 15.8 Å². The number of rotatable bonds is 8. The van der Waals surface area contributed by atoms with Crippen molar-refractivity contribution in [1.29, 1.82) is 0 Å². The van der Waals surface area contributed by atoms with Gasteiger partial charge in [-0.15, -0.1) is 0 Å². The molecular formula is C19H32N4O. The first-order valence-corrected chi connectivity index (χ1v) is 9.04. The van der Waals surface area contributed by atoms with Gasteiger partial charge in [0.2, 0.25) is 0 Å². The van der Waals surface area contributed by atoms with E-state index in [1.165, 1.54) is 18.4 Å². The Morgan fingerprint density at radius 1 is 1.42 bits per heavy atom. The third-order valence-electron chi connectivity index (χ3n) is 4.92. The predicted octanol–water partition coefficient (Wildman–Crippen LogP) is 3.04. The number of likely N-dealkylation sites (tertiary alicyclic amines) is 1. The van der Waals surface area contributed by atoms with E-state index in [1.54, 1.807) is 7.11 Å². The normalized spacial score (nSPS) is 20.3. The van der Waals surface area contributed by atoms with E-state index in [1.807, 2.05) is 0 Å². The Hall–Kier alpha value is -1.59. The summed E-state index contributed by atoms with van der Waals surface area (Å²) in [5.74, 6) is 1.08. The molecule has 1 heterocycles. The summed E-state index contributed by atoms with van der Waals surface area (Å²) in [4.78, 5) is 6.98. The average Bonchev–Trinajstić information content (AvgIpc) is 3.05. The summed E-state index contributed by atoms with van der Waals surface area (Å²) in [6.07, 6.45) is 3.57. The molecule has 0 radical (unpaired) electrons. The van der Waals surface area contributed by atoms with Crippen molar-refractivity contribution in [3.63, 3.8) is 0 Å². The standard InChI is InChI=1S/C19H32N4O/c1-4-15(2)16-7-9-17(10-8-16)22-19(20)21-14-18-6-5-11-23(18)12-13-24-3/h7-10,15,18H,4-6,11-14H2,1-3H3,(H3,20,21,22). The second kappa shape index (κ2) is 9.64. The third-order valence-corrected chi connectivity index (χ3v) is 4.92. The summed E-state index contributed by atoms with van der Waals surface area (Å²) in [7, 11) is 1.75. The lowest BCUT2D eigenvalue weighted by atomic mass is 9.99. The van der Waals surface area contributed by atoms with Crippen molar-refractivity contribution >= 4 is 11.6 Å². The van der Waals surface area contributed by atoms with Gasteiger partial charge in [-0.2, -0.15) is 0 Å². The van der Waals surface area contributed by atoms with Crippen LogP contribution in [0.15, 0.2) is 29.3 Å². The molecule has 1 aromatic carbocycles. The van der Waals surface area contributed by atoms with Gasteiger partial charge in [0, 0.05) is 25.4 Å². The average molecular weight is 332 g/mol. The zero-order valence-corrected chi connectivity index (χ0v) is 15.3. The molecule has 1 aliphatic heterocycles. The maximum absolute atomic E-state index is 6.05. The molecule has 24 heavy (non-hydrogen) atoms. The van der Waals surface area contributed by atoms with Crippen LogP contribution in [0.2, 0.25) is 0 Å². The van der Waals surface area contributed by atoms with Crippen LogP contribution in [0.1, 0.15) is 44.6 Å². The van der Waals surface area contributed by atoms with Crippen molar-refractivity contribution in [2.24, 2.45) is 10.7 Å². The van der Waals surface area contributed by atoms with Gasteiger partial charge in [0.25, 0.3) is 0 Å². The zero-order chi connectivity index (χ0) is 17.4. The number of guanidine groups is 1. The summed E-state index contributed by atoms with van der Waals surface area (Å²) in [6, 6.07) is 8.95. The van der Waals surface area contributed by atoms with Gasteiger partial charge in [-0.1, -0.05) is 26.0 Å². The largest absolute Gasteiger partial charge is 0.383 e. The van der Waals surface area contributed by atoms with Crippen molar-refractivity contribution in [2.45, 2.75) is 45.1 Å². The van der Waals surface area contributed by atoms with E-state index >= 15 is 0 Å². The highest BCUT2D eigenvalue weighted by molar-refractivity contribution is 5.92. The molecule has 134 valence electrons. The van der Waals surface area contributed by atoms with E-state index in [-0.39, 0.29) is 0 Å². The topological polar surface area (TPSA) is 62.9 Å². The summed E-state index contributed by atoms with van der Waals surface area (Å²) in [6.45, 7) is 8.08. The van der Waals surface area contributed by atoms with Crippen LogP contribution in [-0.4, -0.2) is 50.3 Å². The maximum Gasteiger partial charge on any atom is 0.193 e. The minimum atomic E-state index is 0.480. The molecule has 0 aromatic heterocycles. The van der Waals surface area contributed by atoms with E-state index in [2.05, 4.69) is 53.3 Å². The predicted molar refractivity (Wildman–Crippen MR) is 102 cm³/mol. The summed E-state index contributed by atoms with van der Waals surface area (Å²) < 4.78 is 5.18. The molecule has 0 aliphatic carbocycles. The third kappa shape index (κ3) is 5.49. The van der Waals surface area contributed by atoms with Crippen molar-refractivity contribution in [3.05, 3.63) is 29.8 Å². The van der Waals surface area contributed by atoms with Crippen molar-refractivity contribution < 1.29 is 4.74 Å². The molecule has 0 bridgehead atoms. The quantitative estimate of drug-likeness (QED) is 0.567. The molecule has 1 saturated heterocycles. The first-order valence-electron chi connectivity index (χ1n) is 9.04. The number of nitrogens with one attached hydrogen (secondary N) is 1. The lowest BCUT2D eigenvalue weighted by Crippen LogP contribution is -2.35. The number of hydrogen-bond donors (Lipinski definition) is 2. The van der Waals surface area contributed by atoms with Crippen LogP contribution in [0.5, 0.6) is 0 Å². The second-order valence-corrected chi connectivity index (χ2v) is 6.61. The highest BCUT2D eigenvalue weighted by Gasteiger charge is 2.23. The Morgan fingerprint density at radius 2 is 2.17 bits per heavy atom. The van der Waals surface area contributed by atoms with Gasteiger partial charge in [-0.25, -0.2) is 0 Å². The number of anilines is 1. The van der Waals surface area contributed by atoms with Crippen LogP contribution in [0, 0.1) is 0 Å². The molecule has 0 saturated carbocycles. The molecular weight excluding hydrogens is 300 g/mol. The Balaban J connectivity index is 1.85. The maximum atomic E-state index is 6.05. The first kappa shape index (κ1) is 18.7. The molecule has 0 amide bonds. The minimum absolute atomic E-state index is 0.480. The highest BCUT2D eigenvalue weighted by Crippen LogP contribution is 2.20. The molecule has 2 atom stereocenters. The molecule has 2 rings (SSSR count). The minimum Gasteiger partial charge on any atom is -0.383 e. The van der Waals surface area contributed by atoms with Crippen LogP contribution in [-0.2, 0) is 4.74 Å². The second-order valence-electron chi connectivity index (χ2n) is 6.61. The van der Waals surface area contributed by atoms with Gasteiger partial charge in [0.15, 0.2) is 5.96 Å². The molecule has 5 heteroatoms. The fourth-order valence-corrected chi connectivity index (χ4v) is 3.13. The molecule has 2 unspecified atom stereocenters. The lowest BCUT2D eigenvalue weighted by Gasteiger charge is -2.22. The van der Waals surface area contributed by atoms with Gasteiger partial charge in [0.05, 0.1) is 13.2 Å². The van der Waals surface area contributed by atoms with Crippen molar-refractivity contribution in [3.8, 4) is 0 Å². The van der Waals surface area contributed by atoms with Crippen LogP contribution >= 0.6 is 0 Å². The van der Waals surface area contributed by atoms with Crippen molar-refractivity contribution in [1.82, 2.24) is 4.90 Å². The number of hydrogen-bond acceptors (Lipinski definition) is 3. The van der Waals surface area contributed by atoms with Gasteiger partial charge >= 0.3 is 0 Å². The van der Waals surface area contributed by atoms with Gasteiger partial charge in [-0.05, 0) is 49.4 Å². The number of benzene rings is 1. The first-order chi connectivity index (χ1) is 11.6. The van der Waals surface area contributed by atoms with E-state index in [0.29, 0.717) is 17.9 Å². The molecule has 5 nitrogen and oxygen atoms in total. The Labute approximate surface area is 146 Å². The number of ether oxygens (including phenoxy) is 1. The SMILES string of the molecule is CCC(C)c1ccc(NC(N)=NCC2CCCN2CCOC)cc1. The number of methoxy groups -OCH3 is 1. The fourth-order valence-electron chi connectivity index (χ4n) is 3.13. The van der Waals surface area contributed by atoms with Crippen LogP contribution < -0.4 is 11.1 Å². The smallest absolute Gasteiger partial charge is 0.193 e. The zero-order valence-electron chi connectivity index (χ0n) is 15.3. The van der Waals surface area contributed by atoms with E-state index in [4.69, 9.17) is 10.5 Å². The van der Waals surface area contributed by atoms with Crippen LogP contribution in [0.3, 0.4) is 0 Å². The van der Waals surface area contributed by atoms with E-state index < -0.39 is 0 Å². The molecule has 1 fully saturated rings. The Kier molecular flexibility index (Phi) is 7.53. The molecule has 3 N–H and O–H groups in total. The monoisotopic (exact) mass is 332 g/mol. The fraction of sp³-hybridized carbons (Fsp3) is 0.632. The Bertz CT molecular complexity index is 515. The van der Waals surface area contributed by atoms with E-state index in [0.717, 1.165) is 38.3 Å². The van der Waals surface area contributed by atoms with Crippen LogP contribution in [0.4, 0.5) is 5.69 Å². The summed E-state index contributed by atoms with van der Waals surface area (Å²) in [5, 5.41) is 3.19. The Morgan fingerprint density at radius 3 is 2.83 bits per heavy atom. The summed E-state index contributed by atoms with van der Waals surface area (Å²) >= 11 is 0. The molecule has 1 aliphatic rings. The number of nitrogens with zero attached hydrogens (tertiary/aromatic N) is 2.